The molecule has 0 bridgehead atoms. The highest BCUT2D eigenvalue weighted by atomic mass is 19.1. The lowest BCUT2D eigenvalue weighted by atomic mass is 10.1. The molecule has 0 amide bonds. The van der Waals surface area contributed by atoms with E-state index >= 15 is 0 Å². The number of aromatic amines is 1. The van der Waals surface area contributed by atoms with E-state index in [1.165, 1.54) is 33.7 Å². The molecule has 1 unspecified atom stereocenters. The van der Waals surface area contributed by atoms with E-state index in [9.17, 15) is 19.1 Å². The van der Waals surface area contributed by atoms with Crippen molar-refractivity contribution in [1.82, 2.24) is 9.55 Å². The second-order valence-electron chi connectivity index (χ2n) is 5.19. The highest BCUT2D eigenvalue weighted by molar-refractivity contribution is 5.62. The van der Waals surface area contributed by atoms with Crippen molar-refractivity contribution in [2.24, 2.45) is 0 Å². The first-order chi connectivity index (χ1) is 10.8. The van der Waals surface area contributed by atoms with E-state index in [1.807, 2.05) is 0 Å². The van der Waals surface area contributed by atoms with Crippen molar-refractivity contribution in [3.8, 4) is 0 Å². The molecule has 4 N–H and O–H groups in total. The SMILES string of the molecule is CCn1c(N)c(N(C)CC(O)c2ccc(F)cc2)c(=O)[nH]c1=O. The van der Waals surface area contributed by atoms with Gasteiger partial charge >= 0.3 is 5.69 Å². The van der Waals surface area contributed by atoms with Gasteiger partial charge in [0, 0.05) is 20.1 Å². The van der Waals surface area contributed by atoms with Crippen LogP contribution in [0.25, 0.3) is 0 Å². The fraction of sp³-hybridized carbons (Fsp3) is 0.333. The number of nitrogen functional groups attached to an aromatic ring is 1. The zero-order chi connectivity index (χ0) is 17.1. The first-order valence-electron chi connectivity index (χ1n) is 7.12. The second-order valence-corrected chi connectivity index (χ2v) is 5.19. The lowest BCUT2D eigenvalue weighted by Crippen LogP contribution is -2.38. The predicted molar refractivity (Wildman–Crippen MR) is 86.0 cm³/mol. The van der Waals surface area contributed by atoms with Gasteiger partial charge in [-0.25, -0.2) is 9.18 Å². The minimum Gasteiger partial charge on any atom is -0.387 e. The van der Waals surface area contributed by atoms with Crippen LogP contribution in [0.1, 0.15) is 18.6 Å². The molecule has 0 saturated carbocycles. The Morgan fingerprint density at radius 1 is 1.35 bits per heavy atom. The van der Waals surface area contributed by atoms with E-state index in [0.29, 0.717) is 12.1 Å². The van der Waals surface area contributed by atoms with E-state index in [4.69, 9.17) is 5.73 Å². The van der Waals surface area contributed by atoms with Gasteiger partial charge in [-0.3, -0.25) is 14.3 Å². The van der Waals surface area contributed by atoms with Crippen LogP contribution in [0.3, 0.4) is 0 Å². The number of nitrogens with zero attached hydrogens (tertiary/aromatic N) is 2. The molecule has 1 heterocycles. The maximum atomic E-state index is 12.9. The zero-order valence-electron chi connectivity index (χ0n) is 12.9. The molecule has 23 heavy (non-hydrogen) atoms. The molecule has 124 valence electrons. The van der Waals surface area contributed by atoms with Crippen molar-refractivity contribution in [2.75, 3.05) is 24.2 Å². The molecule has 2 aromatic rings. The standard InChI is InChI=1S/C15H19FN4O3/c1-3-20-13(17)12(14(22)18-15(20)23)19(2)8-11(21)9-4-6-10(16)7-5-9/h4-7,11,21H,3,8,17H2,1-2H3,(H,18,22,23). The Labute approximate surface area is 131 Å². The summed E-state index contributed by atoms with van der Waals surface area (Å²) in [4.78, 5) is 27.3. The van der Waals surface area contributed by atoms with Gasteiger partial charge in [-0.1, -0.05) is 12.1 Å². The van der Waals surface area contributed by atoms with Crippen LogP contribution in [0.4, 0.5) is 15.9 Å². The summed E-state index contributed by atoms with van der Waals surface area (Å²) in [7, 11) is 1.58. The molecule has 2 rings (SSSR count). The summed E-state index contributed by atoms with van der Waals surface area (Å²) in [6, 6.07) is 5.43. The topological polar surface area (TPSA) is 104 Å². The van der Waals surface area contributed by atoms with Crippen molar-refractivity contribution >= 4 is 11.5 Å². The Morgan fingerprint density at radius 2 is 1.96 bits per heavy atom. The molecule has 0 fully saturated rings. The molecule has 0 saturated heterocycles. The third-order valence-corrected chi connectivity index (χ3v) is 3.61. The van der Waals surface area contributed by atoms with Gasteiger partial charge in [0.25, 0.3) is 5.56 Å². The maximum Gasteiger partial charge on any atom is 0.330 e. The third-order valence-electron chi connectivity index (χ3n) is 3.61. The Bertz CT molecular complexity index is 798. The van der Waals surface area contributed by atoms with Gasteiger partial charge in [-0.2, -0.15) is 0 Å². The minimum absolute atomic E-state index is 0.0371. The van der Waals surface area contributed by atoms with E-state index in [0.717, 1.165) is 0 Å². The highest BCUT2D eigenvalue weighted by Crippen LogP contribution is 2.20. The van der Waals surface area contributed by atoms with Crippen molar-refractivity contribution < 1.29 is 9.50 Å². The molecule has 1 aromatic heterocycles. The van der Waals surface area contributed by atoms with Gasteiger partial charge in [0.05, 0.1) is 6.10 Å². The van der Waals surface area contributed by atoms with Crippen molar-refractivity contribution in [3.63, 3.8) is 0 Å². The van der Waals surface area contributed by atoms with Crippen LogP contribution in [0.15, 0.2) is 33.9 Å². The number of nitrogens with one attached hydrogen (secondary N) is 1. The summed E-state index contributed by atoms with van der Waals surface area (Å²) in [6.45, 7) is 2.09. The van der Waals surface area contributed by atoms with Crippen molar-refractivity contribution in [3.05, 3.63) is 56.5 Å². The second kappa shape index (κ2) is 6.66. The molecule has 0 radical (unpaired) electrons. The lowest BCUT2D eigenvalue weighted by Gasteiger charge is -2.24. The van der Waals surface area contributed by atoms with Crippen LogP contribution in [0, 0.1) is 5.82 Å². The van der Waals surface area contributed by atoms with Crippen LogP contribution in [0.5, 0.6) is 0 Å². The quantitative estimate of drug-likeness (QED) is 0.741. The molecule has 0 aliphatic rings. The Kier molecular flexibility index (Phi) is 4.85. The number of halogens is 1. The molecule has 1 aromatic carbocycles. The first-order valence-corrected chi connectivity index (χ1v) is 7.12. The monoisotopic (exact) mass is 322 g/mol. The molecule has 0 spiro atoms. The molecular formula is C15H19FN4O3. The Balaban J connectivity index is 2.30. The summed E-state index contributed by atoms with van der Waals surface area (Å²) in [6.07, 6.45) is -0.943. The average molecular weight is 322 g/mol. The van der Waals surface area contributed by atoms with Gasteiger partial charge in [0.2, 0.25) is 0 Å². The fourth-order valence-electron chi connectivity index (χ4n) is 2.40. The predicted octanol–water partition coefficient (Wildman–Crippen LogP) is 0.448. The summed E-state index contributed by atoms with van der Waals surface area (Å²) >= 11 is 0. The molecule has 0 aliphatic carbocycles. The number of H-pyrrole nitrogens is 1. The minimum atomic E-state index is -0.943. The van der Waals surface area contributed by atoms with E-state index < -0.39 is 23.2 Å². The number of benzene rings is 1. The van der Waals surface area contributed by atoms with Crippen LogP contribution in [-0.2, 0) is 6.54 Å². The normalized spacial score (nSPS) is 12.2. The molecule has 0 aliphatic heterocycles. The average Bonchev–Trinajstić information content (AvgIpc) is 2.47. The number of aromatic nitrogens is 2. The molecule has 7 nitrogen and oxygen atoms in total. The maximum absolute atomic E-state index is 12.9. The summed E-state index contributed by atoms with van der Waals surface area (Å²) in [5.74, 6) is -0.361. The number of hydrogen-bond donors (Lipinski definition) is 3. The van der Waals surface area contributed by atoms with E-state index in [-0.39, 0.29) is 18.1 Å². The number of rotatable bonds is 5. The fourth-order valence-corrected chi connectivity index (χ4v) is 2.40. The molecular weight excluding hydrogens is 303 g/mol. The number of hydrogen-bond acceptors (Lipinski definition) is 5. The third kappa shape index (κ3) is 3.42. The number of aliphatic hydroxyl groups is 1. The lowest BCUT2D eigenvalue weighted by molar-refractivity contribution is 0.185. The Hall–Kier alpha value is -2.61. The largest absolute Gasteiger partial charge is 0.387 e. The van der Waals surface area contributed by atoms with Crippen molar-refractivity contribution in [1.29, 1.82) is 0 Å². The molecule has 8 heteroatoms. The van der Waals surface area contributed by atoms with Crippen LogP contribution in [0.2, 0.25) is 0 Å². The number of nitrogens with two attached hydrogens (primary N) is 1. The van der Waals surface area contributed by atoms with Gasteiger partial charge < -0.3 is 15.7 Å². The zero-order valence-corrected chi connectivity index (χ0v) is 12.9. The van der Waals surface area contributed by atoms with Crippen molar-refractivity contribution in [2.45, 2.75) is 19.6 Å². The summed E-state index contributed by atoms with van der Waals surface area (Å²) in [5.41, 5.74) is 5.32. The van der Waals surface area contributed by atoms with E-state index in [2.05, 4.69) is 4.98 Å². The van der Waals surface area contributed by atoms with Crippen LogP contribution in [-0.4, -0.2) is 28.3 Å². The van der Waals surface area contributed by atoms with Crippen LogP contribution < -0.4 is 21.9 Å². The summed E-state index contributed by atoms with van der Waals surface area (Å²) in [5, 5.41) is 10.2. The smallest absolute Gasteiger partial charge is 0.330 e. The Morgan fingerprint density at radius 3 is 2.52 bits per heavy atom. The van der Waals surface area contributed by atoms with Gasteiger partial charge in [-0.15, -0.1) is 0 Å². The number of anilines is 2. The summed E-state index contributed by atoms with van der Waals surface area (Å²) < 4.78 is 14.2. The van der Waals surface area contributed by atoms with Gasteiger partial charge in [0.1, 0.15) is 17.3 Å². The van der Waals surface area contributed by atoms with Crippen LogP contribution >= 0.6 is 0 Å². The highest BCUT2D eigenvalue weighted by Gasteiger charge is 2.18. The van der Waals surface area contributed by atoms with Gasteiger partial charge in [0.15, 0.2) is 0 Å². The first kappa shape index (κ1) is 16.8. The number of likely N-dealkylation sites (N-methyl/N-ethyl adjacent to an activating group) is 1. The number of aliphatic hydroxyl groups excluding tert-OH is 1. The van der Waals surface area contributed by atoms with Gasteiger partial charge in [-0.05, 0) is 24.6 Å². The van der Waals surface area contributed by atoms with E-state index in [1.54, 1.807) is 14.0 Å². The molecule has 1 atom stereocenters.